The van der Waals surface area contributed by atoms with Gasteiger partial charge < -0.3 is 15.8 Å². The van der Waals surface area contributed by atoms with Crippen LogP contribution in [-0.2, 0) is 6.42 Å². The molecule has 4 aromatic rings. The third-order valence-electron chi connectivity index (χ3n) is 6.77. The first-order valence-corrected chi connectivity index (χ1v) is 14.2. The molecule has 1 aliphatic rings. The van der Waals surface area contributed by atoms with E-state index in [1.807, 2.05) is 24.3 Å². The zero-order chi connectivity index (χ0) is 32.2. The van der Waals surface area contributed by atoms with Crippen LogP contribution in [0.3, 0.4) is 0 Å². The van der Waals surface area contributed by atoms with Crippen LogP contribution in [0.2, 0.25) is 0 Å². The molecule has 0 spiro atoms. The van der Waals surface area contributed by atoms with Crippen molar-refractivity contribution < 1.29 is 32.8 Å². The first kappa shape index (κ1) is 32.6. The lowest BCUT2D eigenvalue weighted by atomic mass is 9.98. The van der Waals surface area contributed by atoms with Crippen LogP contribution in [0.5, 0.6) is 5.88 Å². The highest BCUT2D eigenvalue weighted by Gasteiger charge is 2.42. The number of carbonyl (C=O) groups excluding carboxylic acids is 1. The van der Waals surface area contributed by atoms with E-state index in [1.165, 1.54) is 28.5 Å². The average molecular weight is 610 g/mol. The molecule has 0 saturated heterocycles. The second-order valence-electron chi connectivity index (χ2n) is 12.1. The van der Waals surface area contributed by atoms with Crippen molar-refractivity contribution in [3.63, 3.8) is 0 Å². The standard InChI is InChI=1S/C30H25F4N3O2.C4H11N/c1-17-12-21(15-36-28(17)39-16-30(33,34)29(31)32)18(2)37-27(38)20-10-11-35-26(14-20)24-9-5-8-23-22-7-4-3-6-19(22)13-25(23)24;1-4(2,3)5/h3-12,14-15,18,29H,13,16H2,1-2H3,(H,37,38);5H2,1-3H3/p+1. The van der Waals surface area contributed by atoms with Gasteiger partial charge >= 0.3 is 12.3 Å². The summed E-state index contributed by atoms with van der Waals surface area (Å²) in [6.45, 7) is 8.06. The molecule has 5 rings (SSSR count). The number of benzene rings is 2. The van der Waals surface area contributed by atoms with Crippen LogP contribution >= 0.6 is 0 Å². The van der Waals surface area contributed by atoms with E-state index in [-0.39, 0.29) is 17.3 Å². The minimum Gasteiger partial charge on any atom is -0.471 e. The summed E-state index contributed by atoms with van der Waals surface area (Å²) in [5.41, 5.74) is 11.9. The molecule has 6 nitrogen and oxygen atoms in total. The van der Waals surface area contributed by atoms with Crippen molar-refractivity contribution in [1.29, 1.82) is 0 Å². The second-order valence-corrected chi connectivity index (χ2v) is 12.1. The first-order chi connectivity index (χ1) is 20.6. The number of hydrogen-bond donors (Lipinski definition) is 2. The summed E-state index contributed by atoms with van der Waals surface area (Å²) in [6, 6.07) is 18.9. The van der Waals surface area contributed by atoms with Crippen LogP contribution in [0.25, 0.3) is 22.4 Å². The molecule has 0 radical (unpaired) electrons. The van der Waals surface area contributed by atoms with E-state index in [2.05, 4.69) is 60.0 Å². The fourth-order valence-electron chi connectivity index (χ4n) is 4.68. The Morgan fingerprint density at radius 2 is 1.66 bits per heavy atom. The number of aromatic nitrogens is 2. The van der Waals surface area contributed by atoms with Gasteiger partial charge in [0.2, 0.25) is 5.88 Å². The number of amides is 1. The van der Waals surface area contributed by atoms with E-state index in [0.29, 0.717) is 22.4 Å². The van der Waals surface area contributed by atoms with E-state index < -0.39 is 25.0 Å². The van der Waals surface area contributed by atoms with E-state index in [0.717, 1.165) is 12.0 Å². The third-order valence-corrected chi connectivity index (χ3v) is 6.77. The predicted octanol–water partition coefficient (Wildman–Crippen LogP) is 6.82. The molecule has 2 heterocycles. The van der Waals surface area contributed by atoms with Gasteiger partial charge in [0.25, 0.3) is 5.91 Å². The maximum atomic E-state index is 13.2. The fraction of sp³-hybridized carbons (Fsp3) is 0.324. The van der Waals surface area contributed by atoms with Crippen molar-refractivity contribution >= 4 is 5.91 Å². The fourth-order valence-corrected chi connectivity index (χ4v) is 4.68. The van der Waals surface area contributed by atoms with E-state index >= 15 is 0 Å². The SMILES string of the molecule is CC(C)(C)[NH3+].Cc1cc(C(C)NC(=O)c2ccnc(-c3cccc4c3Cc3ccccc3-4)c2)cnc1OCC(F)(F)C(F)F. The quantitative estimate of drug-likeness (QED) is 0.189. The van der Waals surface area contributed by atoms with Gasteiger partial charge in [0, 0.05) is 29.1 Å². The van der Waals surface area contributed by atoms with Crippen molar-refractivity contribution in [2.24, 2.45) is 0 Å². The zero-order valence-corrected chi connectivity index (χ0v) is 25.4. The number of nitrogens with one attached hydrogen (secondary N) is 1. The summed E-state index contributed by atoms with van der Waals surface area (Å²) in [6.07, 6.45) is -0.0805. The number of nitrogens with zero attached hydrogens (tertiary/aromatic N) is 2. The molecule has 1 atom stereocenters. The zero-order valence-electron chi connectivity index (χ0n) is 25.4. The van der Waals surface area contributed by atoms with Crippen LogP contribution < -0.4 is 15.8 Å². The van der Waals surface area contributed by atoms with Crippen molar-refractivity contribution in [1.82, 2.24) is 15.3 Å². The monoisotopic (exact) mass is 609 g/mol. The van der Waals surface area contributed by atoms with Gasteiger partial charge in [-0.2, -0.15) is 8.78 Å². The third kappa shape index (κ3) is 7.99. The lowest BCUT2D eigenvalue weighted by molar-refractivity contribution is -0.458. The molecule has 44 heavy (non-hydrogen) atoms. The number of pyridine rings is 2. The number of quaternary nitrogens is 1. The van der Waals surface area contributed by atoms with Gasteiger partial charge in [0.15, 0.2) is 6.61 Å². The highest BCUT2D eigenvalue weighted by molar-refractivity contribution is 5.95. The molecular weight excluding hydrogens is 572 g/mol. The van der Waals surface area contributed by atoms with E-state index in [4.69, 9.17) is 4.74 Å². The molecule has 0 saturated carbocycles. The molecule has 1 aliphatic carbocycles. The van der Waals surface area contributed by atoms with Gasteiger partial charge in [-0.3, -0.25) is 9.78 Å². The molecule has 10 heteroatoms. The number of fused-ring (bicyclic) bond motifs is 3. The van der Waals surface area contributed by atoms with Crippen molar-refractivity contribution in [2.75, 3.05) is 6.61 Å². The number of alkyl halides is 4. The average Bonchev–Trinajstić information content (AvgIpc) is 3.34. The van der Waals surface area contributed by atoms with Crippen molar-refractivity contribution in [3.05, 3.63) is 101 Å². The molecule has 0 fully saturated rings. The second kappa shape index (κ2) is 13.1. The Morgan fingerprint density at radius 3 is 2.34 bits per heavy atom. The Hall–Kier alpha value is -4.31. The summed E-state index contributed by atoms with van der Waals surface area (Å²) >= 11 is 0. The highest BCUT2D eigenvalue weighted by atomic mass is 19.3. The number of hydrogen-bond acceptors (Lipinski definition) is 4. The Kier molecular flexibility index (Phi) is 9.73. The molecule has 1 unspecified atom stereocenters. The summed E-state index contributed by atoms with van der Waals surface area (Å²) < 4.78 is 56.0. The van der Waals surface area contributed by atoms with Gasteiger partial charge in [-0.25, -0.2) is 13.8 Å². The smallest absolute Gasteiger partial charge is 0.340 e. The van der Waals surface area contributed by atoms with Crippen LogP contribution in [-0.4, -0.2) is 40.4 Å². The van der Waals surface area contributed by atoms with Crippen LogP contribution in [0.15, 0.2) is 73.1 Å². The lowest BCUT2D eigenvalue weighted by Crippen LogP contribution is -2.67. The van der Waals surface area contributed by atoms with Crippen LogP contribution in [0, 0.1) is 6.92 Å². The van der Waals surface area contributed by atoms with E-state index in [1.54, 1.807) is 38.2 Å². The molecular formula is C34H37F4N4O2+. The predicted molar refractivity (Wildman–Crippen MR) is 162 cm³/mol. The maximum Gasteiger partial charge on any atom is 0.340 e. The summed E-state index contributed by atoms with van der Waals surface area (Å²) in [5.74, 6) is -4.77. The molecule has 2 aromatic carbocycles. The molecule has 0 aliphatic heterocycles. The Bertz CT molecular complexity index is 1630. The largest absolute Gasteiger partial charge is 0.471 e. The number of carbonyl (C=O) groups is 1. The molecule has 0 bridgehead atoms. The van der Waals surface area contributed by atoms with Gasteiger partial charge in [-0.1, -0.05) is 42.5 Å². The molecule has 1 amide bonds. The Labute approximate surface area is 254 Å². The van der Waals surface area contributed by atoms with Gasteiger partial charge in [0.05, 0.1) is 17.3 Å². The lowest BCUT2D eigenvalue weighted by Gasteiger charge is -2.18. The molecule has 232 valence electrons. The van der Waals surface area contributed by atoms with Crippen molar-refractivity contribution in [3.8, 4) is 28.3 Å². The minimum absolute atomic E-state index is 0.172. The summed E-state index contributed by atoms with van der Waals surface area (Å²) in [7, 11) is 0. The highest BCUT2D eigenvalue weighted by Crippen LogP contribution is 2.41. The van der Waals surface area contributed by atoms with Gasteiger partial charge in [-0.05, 0) is 87.1 Å². The van der Waals surface area contributed by atoms with Crippen LogP contribution in [0.1, 0.15) is 66.3 Å². The number of halogens is 4. The summed E-state index contributed by atoms with van der Waals surface area (Å²) in [4.78, 5) is 21.6. The number of ether oxygens (including phenoxy) is 1. The maximum absolute atomic E-state index is 13.2. The van der Waals surface area contributed by atoms with E-state index in [9.17, 15) is 22.4 Å². The topological polar surface area (TPSA) is 91.8 Å². The van der Waals surface area contributed by atoms with Crippen molar-refractivity contribution in [2.45, 2.75) is 65.0 Å². The Morgan fingerprint density at radius 1 is 1.00 bits per heavy atom. The van der Waals surface area contributed by atoms with Gasteiger partial charge in [0.1, 0.15) is 0 Å². The first-order valence-electron chi connectivity index (χ1n) is 14.2. The minimum atomic E-state index is -4.28. The number of aryl methyl sites for hydroxylation is 1. The van der Waals surface area contributed by atoms with Crippen LogP contribution in [0.4, 0.5) is 17.6 Å². The summed E-state index contributed by atoms with van der Waals surface area (Å²) in [5, 5.41) is 2.91. The molecule has 4 N–H and O–H groups in total. The van der Waals surface area contributed by atoms with Gasteiger partial charge in [-0.15, -0.1) is 0 Å². The number of rotatable bonds is 8. The normalized spacial score (nSPS) is 13.0. The Balaban J connectivity index is 0.000000818. The molecule has 2 aromatic heterocycles.